The lowest BCUT2D eigenvalue weighted by Gasteiger charge is -2.36. The van der Waals surface area contributed by atoms with Crippen molar-refractivity contribution in [2.24, 2.45) is 5.41 Å². The summed E-state index contributed by atoms with van der Waals surface area (Å²) < 4.78 is 46.7. The predicted molar refractivity (Wildman–Crippen MR) is 102 cm³/mol. The fourth-order valence-corrected chi connectivity index (χ4v) is 6.08. The van der Waals surface area contributed by atoms with Crippen LogP contribution in [-0.4, -0.2) is 44.7 Å². The number of hydrogen-bond acceptors (Lipinski definition) is 3. The van der Waals surface area contributed by atoms with E-state index in [0.717, 1.165) is 29.8 Å². The highest BCUT2D eigenvalue weighted by molar-refractivity contribution is 7.85. The lowest BCUT2D eigenvalue weighted by Crippen LogP contribution is -2.39. The van der Waals surface area contributed by atoms with Crippen molar-refractivity contribution in [2.75, 3.05) is 24.6 Å². The van der Waals surface area contributed by atoms with Gasteiger partial charge in [0.15, 0.2) is 0 Å². The van der Waals surface area contributed by atoms with Crippen LogP contribution >= 0.6 is 0 Å². The summed E-state index contributed by atoms with van der Waals surface area (Å²) in [5.74, 6) is 1.94. The van der Waals surface area contributed by atoms with Crippen LogP contribution in [0.25, 0.3) is 0 Å². The van der Waals surface area contributed by atoms with Crippen LogP contribution in [0.5, 0.6) is 0 Å². The van der Waals surface area contributed by atoms with Crippen LogP contribution in [0.2, 0.25) is 0 Å². The van der Waals surface area contributed by atoms with Gasteiger partial charge in [-0.1, -0.05) is 25.3 Å². The second kappa shape index (κ2) is 9.03. The topological polar surface area (TPSA) is 33.2 Å². The summed E-state index contributed by atoms with van der Waals surface area (Å²) in [6.45, 7) is 2.63. The van der Waals surface area contributed by atoms with Crippen molar-refractivity contribution in [1.29, 1.82) is 0 Å². The molecule has 2 saturated heterocycles. The molecule has 7 heteroatoms. The van der Waals surface area contributed by atoms with Crippen LogP contribution in [0.4, 0.5) is 13.2 Å². The molecule has 1 aromatic rings. The van der Waals surface area contributed by atoms with Crippen LogP contribution < -0.4 is 0 Å². The Kier molecular flexibility index (Phi) is 6.95. The molecule has 0 bridgehead atoms. The first-order valence-corrected chi connectivity index (χ1v) is 11.4. The molecule has 3 fully saturated rings. The molecule has 1 aliphatic carbocycles. The molecule has 3 aliphatic rings. The Hall–Kier alpha value is -0.950. The van der Waals surface area contributed by atoms with E-state index in [1.54, 1.807) is 0 Å². The molecule has 3 heterocycles. The minimum absolute atomic E-state index is 0.497. The van der Waals surface area contributed by atoms with E-state index < -0.39 is 22.7 Å². The Morgan fingerprint density at radius 3 is 2.33 bits per heavy atom. The van der Waals surface area contributed by atoms with Gasteiger partial charge < -0.3 is 0 Å². The Morgan fingerprint density at radius 2 is 1.78 bits per heavy atom. The average molecular weight is 403 g/mol. The highest BCUT2D eigenvalue weighted by Crippen LogP contribution is 2.42. The van der Waals surface area contributed by atoms with Crippen LogP contribution in [0.3, 0.4) is 0 Å². The maximum Gasteiger partial charge on any atom is 0.433 e. The highest BCUT2D eigenvalue weighted by Gasteiger charge is 2.42. The van der Waals surface area contributed by atoms with Gasteiger partial charge in [0, 0.05) is 41.1 Å². The molecule has 4 rings (SSSR count). The predicted octanol–water partition coefficient (Wildman–Crippen LogP) is 4.65. The van der Waals surface area contributed by atoms with Crippen LogP contribution in [0.15, 0.2) is 24.4 Å². The van der Waals surface area contributed by atoms with Gasteiger partial charge >= 0.3 is 6.18 Å². The number of alkyl halides is 3. The van der Waals surface area contributed by atoms with E-state index >= 15 is 0 Å². The quantitative estimate of drug-likeness (QED) is 0.685. The van der Waals surface area contributed by atoms with E-state index in [4.69, 9.17) is 0 Å². The third kappa shape index (κ3) is 5.76. The molecule has 1 saturated carbocycles. The molecule has 0 radical (unpaired) electrons. The molecule has 3 nitrogen and oxygen atoms in total. The SMILES string of the molecule is FC(F)(F)c1ccccn1.O=S1CCC2(CCN(C3CCCCC3)C2)CC1. The Bertz CT molecular complexity index is 607. The summed E-state index contributed by atoms with van der Waals surface area (Å²) in [6.07, 6.45) is 7.82. The maximum absolute atomic E-state index is 11.7. The van der Waals surface area contributed by atoms with Gasteiger partial charge in [0.1, 0.15) is 5.69 Å². The Balaban J connectivity index is 0.000000180. The number of hydrogen-bond donors (Lipinski definition) is 0. The van der Waals surface area contributed by atoms with Crippen LogP contribution in [0, 0.1) is 5.41 Å². The molecule has 0 amide bonds. The molecule has 0 unspecified atom stereocenters. The van der Waals surface area contributed by atoms with E-state index in [1.165, 1.54) is 76.6 Å². The second-order valence-electron chi connectivity index (χ2n) is 8.07. The summed E-state index contributed by atoms with van der Waals surface area (Å²) in [4.78, 5) is 5.90. The molecule has 27 heavy (non-hydrogen) atoms. The third-order valence-electron chi connectivity index (χ3n) is 6.23. The zero-order valence-electron chi connectivity index (χ0n) is 15.7. The van der Waals surface area contributed by atoms with Gasteiger partial charge in [0.25, 0.3) is 0 Å². The number of likely N-dealkylation sites (tertiary alicyclic amines) is 1. The van der Waals surface area contributed by atoms with Gasteiger partial charge in [-0.05, 0) is 56.2 Å². The molecule has 2 aliphatic heterocycles. The Labute approximate surface area is 162 Å². The number of nitrogens with zero attached hydrogens (tertiary/aromatic N) is 2. The smallest absolute Gasteiger partial charge is 0.300 e. The number of pyridine rings is 1. The van der Waals surface area contributed by atoms with E-state index in [9.17, 15) is 17.4 Å². The number of rotatable bonds is 1. The van der Waals surface area contributed by atoms with Gasteiger partial charge in [-0.3, -0.25) is 14.1 Å². The molecule has 0 aromatic carbocycles. The third-order valence-corrected chi connectivity index (χ3v) is 7.55. The van der Waals surface area contributed by atoms with Crippen LogP contribution in [0.1, 0.15) is 57.1 Å². The van der Waals surface area contributed by atoms with Gasteiger partial charge in [-0.15, -0.1) is 0 Å². The molecule has 1 aromatic heterocycles. The average Bonchev–Trinajstić information content (AvgIpc) is 3.10. The van der Waals surface area contributed by atoms with Crippen molar-refractivity contribution in [3.63, 3.8) is 0 Å². The zero-order valence-corrected chi connectivity index (χ0v) is 16.5. The van der Waals surface area contributed by atoms with Gasteiger partial charge in [0.2, 0.25) is 0 Å². The standard InChI is InChI=1S/C14H25NOS.C6H4F3N/c16-17-10-7-14(8-11-17)6-9-15(12-14)13-4-2-1-3-5-13;7-6(8,9)5-3-1-2-4-10-5/h13H,1-12H2;1-4H. The van der Waals surface area contributed by atoms with E-state index in [-0.39, 0.29) is 0 Å². The summed E-state index contributed by atoms with van der Waals surface area (Å²) in [7, 11) is -0.497. The Morgan fingerprint density at radius 1 is 1.07 bits per heavy atom. The fraction of sp³-hybridized carbons (Fsp3) is 0.750. The van der Waals surface area contributed by atoms with Gasteiger partial charge in [-0.25, -0.2) is 0 Å². The van der Waals surface area contributed by atoms with Crippen molar-refractivity contribution in [3.8, 4) is 0 Å². The maximum atomic E-state index is 11.7. The molecule has 1 spiro atoms. The largest absolute Gasteiger partial charge is 0.433 e. The minimum atomic E-state index is -4.32. The first kappa shape index (κ1) is 20.8. The van der Waals surface area contributed by atoms with E-state index in [2.05, 4.69) is 9.88 Å². The summed E-state index contributed by atoms with van der Waals surface area (Å²) in [5.41, 5.74) is -0.291. The number of aromatic nitrogens is 1. The van der Waals surface area contributed by atoms with E-state index in [1.807, 2.05) is 0 Å². The lowest BCUT2D eigenvalue weighted by molar-refractivity contribution is -0.141. The van der Waals surface area contributed by atoms with Crippen molar-refractivity contribution < 1.29 is 17.4 Å². The molecular weight excluding hydrogens is 373 g/mol. The minimum Gasteiger partial charge on any atom is -0.300 e. The fourth-order valence-electron chi connectivity index (χ4n) is 4.55. The van der Waals surface area contributed by atoms with Crippen molar-refractivity contribution in [1.82, 2.24) is 9.88 Å². The summed E-state index contributed by atoms with van der Waals surface area (Å²) in [5, 5.41) is 0. The van der Waals surface area contributed by atoms with Crippen molar-refractivity contribution >= 4 is 10.8 Å². The first-order chi connectivity index (χ1) is 12.9. The highest BCUT2D eigenvalue weighted by atomic mass is 32.2. The lowest BCUT2D eigenvalue weighted by atomic mass is 9.81. The zero-order chi connectivity index (χ0) is 19.3. The molecule has 152 valence electrons. The number of halogens is 3. The summed E-state index contributed by atoms with van der Waals surface area (Å²) in [6, 6.07) is 4.56. The van der Waals surface area contributed by atoms with Crippen molar-refractivity contribution in [3.05, 3.63) is 30.1 Å². The van der Waals surface area contributed by atoms with Gasteiger partial charge in [-0.2, -0.15) is 13.2 Å². The first-order valence-electron chi connectivity index (χ1n) is 9.95. The molecule has 0 N–H and O–H groups in total. The normalized spacial score (nSPS) is 30.1. The molecule has 0 atom stereocenters. The monoisotopic (exact) mass is 402 g/mol. The van der Waals surface area contributed by atoms with E-state index in [0.29, 0.717) is 5.41 Å². The van der Waals surface area contributed by atoms with Crippen molar-refractivity contribution in [2.45, 2.75) is 63.6 Å². The molecular formula is C20H29F3N2OS. The second-order valence-corrected chi connectivity index (χ2v) is 9.77. The van der Waals surface area contributed by atoms with Crippen LogP contribution in [-0.2, 0) is 17.0 Å². The summed E-state index contributed by atoms with van der Waals surface area (Å²) >= 11 is 0. The van der Waals surface area contributed by atoms with Gasteiger partial charge in [0.05, 0.1) is 0 Å².